The molecule has 246 valence electrons. The van der Waals surface area contributed by atoms with E-state index in [2.05, 4.69) is 17.4 Å². The lowest BCUT2D eigenvalue weighted by Gasteiger charge is -2.42. The van der Waals surface area contributed by atoms with E-state index >= 15 is 0 Å². The molecule has 1 unspecified atom stereocenters. The molecule has 0 radical (unpaired) electrons. The molecular weight excluding hydrogens is 600 g/mol. The molecule has 2 N–H and O–H groups in total. The molecule has 1 aliphatic heterocycles. The first-order valence-corrected chi connectivity index (χ1v) is 17.2. The summed E-state index contributed by atoms with van der Waals surface area (Å²) in [5.74, 6) is -0.848. The molecule has 2 amide bonds. The van der Waals surface area contributed by atoms with Crippen LogP contribution >= 0.6 is 11.8 Å². The van der Waals surface area contributed by atoms with Crippen LogP contribution in [0.1, 0.15) is 67.1 Å². The van der Waals surface area contributed by atoms with Gasteiger partial charge >= 0.3 is 12.1 Å². The quantitative estimate of drug-likeness (QED) is 0.216. The lowest BCUT2D eigenvalue weighted by atomic mass is 9.85. The van der Waals surface area contributed by atoms with Crippen molar-refractivity contribution in [2.75, 3.05) is 25.1 Å². The number of nitrogens with zero attached hydrogens (tertiary/aromatic N) is 1. The van der Waals surface area contributed by atoms with Crippen LogP contribution in [0, 0.1) is 6.92 Å². The highest BCUT2D eigenvalue weighted by atomic mass is 32.2. The van der Waals surface area contributed by atoms with Crippen molar-refractivity contribution < 1.29 is 29.0 Å². The molecule has 0 saturated carbocycles. The second-order valence-corrected chi connectivity index (χ2v) is 13.9. The van der Waals surface area contributed by atoms with Gasteiger partial charge in [-0.2, -0.15) is 11.8 Å². The fourth-order valence-corrected chi connectivity index (χ4v) is 6.18. The first-order valence-electron chi connectivity index (χ1n) is 15.8. The van der Waals surface area contributed by atoms with Crippen LogP contribution in [0.3, 0.4) is 0 Å². The average molecular weight is 647 g/mol. The van der Waals surface area contributed by atoms with Crippen molar-refractivity contribution in [3.8, 4) is 11.1 Å². The van der Waals surface area contributed by atoms with E-state index in [4.69, 9.17) is 9.47 Å². The number of benzene rings is 3. The first-order chi connectivity index (χ1) is 21.9. The predicted octanol–water partition coefficient (Wildman–Crippen LogP) is 7.13. The van der Waals surface area contributed by atoms with Gasteiger partial charge in [-0.15, -0.1) is 0 Å². The van der Waals surface area contributed by atoms with Gasteiger partial charge in [-0.25, -0.2) is 9.59 Å². The van der Waals surface area contributed by atoms with Gasteiger partial charge in [-0.3, -0.25) is 4.79 Å². The monoisotopic (exact) mass is 646 g/mol. The maximum absolute atomic E-state index is 13.5. The summed E-state index contributed by atoms with van der Waals surface area (Å²) in [5.41, 5.74) is 4.04. The molecule has 8 nitrogen and oxygen atoms in total. The van der Waals surface area contributed by atoms with Crippen LogP contribution in [0.5, 0.6) is 0 Å². The zero-order valence-corrected chi connectivity index (χ0v) is 28.3. The Morgan fingerprint density at radius 2 is 1.63 bits per heavy atom. The Morgan fingerprint density at radius 3 is 2.26 bits per heavy atom. The highest BCUT2D eigenvalue weighted by Gasteiger charge is 2.38. The summed E-state index contributed by atoms with van der Waals surface area (Å²) in [7, 11) is 0. The minimum absolute atomic E-state index is 0.309. The fourth-order valence-electron chi connectivity index (χ4n) is 5.71. The van der Waals surface area contributed by atoms with E-state index in [1.807, 2.05) is 88.5 Å². The van der Waals surface area contributed by atoms with Crippen molar-refractivity contribution >= 4 is 29.7 Å². The van der Waals surface area contributed by atoms with Gasteiger partial charge in [0.05, 0.1) is 12.2 Å². The Hall–Kier alpha value is -3.82. The van der Waals surface area contributed by atoms with Crippen molar-refractivity contribution in [2.45, 2.75) is 77.2 Å². The number of piperidine rings is 1. The van der Waals surface area contributed by atoms with Gasteiger partial charge in [0.2, 0.25) is 0 Å². The Morgan fingerprint density at radius 1 is 0.957 bits per heavy atom. The smallest absolute Gasteiger partial charge is 0.410 e. The van der Waals surface area contributed by atoms with E-state index in [1.54, 1.807) is 22.7 Å². The van der Waals surface area contributed by atoms with Crippen molar-refractivity contribution in [3.05, 3.63) is 95.1 Å². The van der Waals surface area contributed by atoms with Crippen LogP contribution in [0.4, 0.5) is 4.79 Å². The number of aliphatic carboxylic acids is 1. The van der Waals surface area contributed by atoms with Crippen molar-refractivity contribution in [2.24, 2.45) is 0 Å². The normalized spacial score (nSPS) is 15.2. The van der Waals surface area contributed by atoms with E-state index in [1.165, 1.54) is 0 Å². The Bertz CT molecular complexity index is 1500. The largest absolute Gasteiger partial charge is 0.480 e. The second kappa shape index (κ2) is 15.6. The minimum Gasteiger partial charge on any atom is -0.480 e. The van der Waals surface area contributed by atoms with Crippen molar-refractivity contribution in [3.63, 3.8) is 0 Å². The highest BCUT2D eigenvalue weighted by Crippen LogP contribution is 2.34. The molecule has 46 heavy (non-hydrogen) atoms. The van der Waals surface area contributed by atoms with Crippen LogP contribution in [0.15, 0.2) is 72.8 Å². The fraction of sp³-hybridized carbons (Fsp3) is 0.432. The number of carboxylic acids is 1. The number of carbonyl (C=O) groups excluding carboxylic acids is 2. The third-order valence-corrected chi connectivity index (χ3v) is 8.86. The summed E-state index contributed by atoms with van der Waals surface area (Å²) >= 11 is 1.54. The summed E-state index contributed by atoms with van der Waals surface area (Å²) in [6.45, 7) is 8.96. The van der Waals surface area contributed by atoms with E-state index in [0.29, 0.717) is 56.7 Å². The number of likely N-dealkylation sites (tertiary alicyclic amines) is 1. The summed E-state index contributed by atoms with van der Waals surface area (Å²) < 4.78 is 12.4. The van der Waals surface area contributed by atoms with Gasteiger partial charge in [0, 0.05) is 25.1 Å². The molecule has 0 aliphatic carbocycles. The number of amides is 2. The van der Waals surface area contributed by atoms with Gasteiger partial charge in [-0.1, -0.05) is 60.7 Å². The van der Waals surface area contributed by atoms with E-state index < -0.39 is 29.1 Å². The molecule has 1 aliphatic rings. The first kappa shape index (κ1) is 35.0. The zero-order chi connectivity index (χ0) is 33.3. The van der Waals surface area contributed by atoms with E-state index in [-0.39, 0.29) is 6.09 Å². The maximum Gasteiger partial charge on any atom is 0.410 e. The lowest BCUT2D eigenvalue weighted by Crippen LogP contribution is -2.50. The number of rotatable bonds is 12. The van der Waals surface area contributed by atoms with Crippen LogP contribution < -0.4 is 5.32 Å². The summed E-state index contributed by atoms with van der Waals surface area (Å²) in [5, 5.41) is 12.5. The van der Waals surface area contributed by atoms with Crippen LogP contribution in [-0.2, 0) is 27.3 Å². The number of hydrogen-bond donors (Lipinski definition) is 2. The minimum atomic E-state index is -1.05. The number of hydrogen-bond acceptors (Lipinski definition) is 6. The summed E-state index contributed by atoms with van der Waals surface area (Å²) in [6, 6.07) is 22.7. The molecule has 0 aromatic heterocycles. The van der Waals surface area contributed by atoms with Gasteiger partial charge < -0.3 is 24.8 Å². The maximum atomic E-state index is 13.5. The molecule has 4 rings (SSSR count). The summed E-state index contributed by atoms with van der Waals surface area (Å²) in [6.07, 6.45) is 3.94. The van der Waals surface area contributed by atoms with E-state index in [0.717, 1.165) is 27.8 Å². The van der Waals surface area contributed by atoms with Crippen LogP contribution in [0.25, 0.3) is 11.1 Å². The molecule has 0 spiro atoms. The van der Waals surface area contributed by atoms with Gasteiger partial charge in [0.1, 0.15) is 11.6 Å². The third-order valence-electron chi connectivity index (χ3n) is 8.22. The van der Waals surface area contributed by atoms with Crippen molar-refractivity contribution in [1.82, 2.24) is 10.2 Å². The highest BCUT2D eigenvalue weighted by molar-refractivity contribution is 7.98. The average Bonchev–Trinajstić information content (AvgIpc) is 3.02. The molecule has 3 aromatic carbocycles. The second-order valence-electron chi connectivity index (χ2n) is 12.9. The molecule has 1 fully saturated rings. The Kier molecular flexibility index (Phi) is 11.9. The third kappa shape index (κ3) is 9.59. The molecule has 3 aromatic rings. The Balaban J connectivity index is 1.59. The number of carboxylic acid groups (broad SMARTS) is 1. The van der Waals surface area contributed by atoms with Gasteiger partial charge in [0.15, 0.2) is 0 Å². The topological polar surface area (TPSA) is 105 Å². The molecule has 9 heteroatoms. The van der Waals surface area contributed by atoms with Crippen molar-refractivity contribution in [1.29, 1.82) is 0 Å². The number of nitrogens with one attached hydrogen (secondary N) is 1. The molecule has 1 saturated heterocycles. The van der Waals surface area contributed by atoms with Crippen LogP contribution in [-0.4, -0.2) is 70.3 Å². The Labute approximate surface area is 276 Å². The lowest BCUT2D eigenvalue weighted by molar-refractivity contribution is -0.139. The predicted molar refractivity (Wildman–Crippen MR) is 183 cm³/mol. The number of carbonyl (C=O) groups is 3. The molecule has 0 bridgehead atoms. The number of thioether (sulfide) groups is 1. The standard InChI is InChI=1S/C37H46N2O6S/c1-26-11-9-10-14-29(26)31-23-28(15-16-30(31)33(40)38-32(34(41)42)17-22-46-5)25-44-37(24-27-12-7-6-8-13-27)18-20-39(21-19-37)35(43)45-36(2,3)4/h6-16,23,32H,17-22,24-25H2,1-5H3,(H,38,40)(H,41,42). The van der Waals surface area contributed by atoms with Gasteiger partial charge in [-0.05, 0) is 98.9 Å². The molecule has 1 heterocycles. The summed E-state index contributed by atoms with van der Waals surface area (Å²) in [4.78, 5) is 40.0. The van der Waals surface area contributed by atoms with Crippen LogP contribution in [0.2, 0.25) is 0 Å². The molecule has 1 atom stereocenters. The SMILES string of the molecule is CSCCC(NC(=O)c1ccc(COC2(Cc3ccccc3)CCN(C(=O)OC(C)(C)C)CC2)cc1-c1ccccc1C)C(=O)O. The number of aryl methyl sites for hydroxylation is 1. The van der Waals surface area contributed by atoms with E-state index in [9.17, 15) is 19.5 Å². The zero-order valence-electron chi connectivity index (χ0n) is 27.5. The number of ether oxygens (including phenoxy) is 2. The van der Waals surface area contributed by atoms with Gasteiger partial charge in [0.25, 0.3) is 5.91 Å². The molecular formula is C37H46N2O6S.